The van der Waals surface area contributed by atoms with Crippen molar-refractivity contribution >= 4 is 15.8 Å². The Balaban J connectivity index is 1.69. The number of aliphatic carboxylic acids is 1. The van der Waals surface area contributed by atoms with E-state index in [1.807, 2.05) is 4.90 Å². The average molecular weight is 439 g/mol. The van der Waals surface area contributed by atoms with Crippen LogP contribution in [-0.4, -0.2) is 66.4 Å². The van der Waals surface area contributed by atoms with Gasteiger partial charge in [-0.2, -0.15) is 0 Å². The van der Waals surface area contributed by atoms with Crippen LogP contribution in [0, 0.1) is 12.7 Å². The smallest absolute Gasteiger partial charge is 0.317 e. The summed E-state index contributed by atoms with van der Waals surface area (Å²) in [5.74, 6) is -1.47. The number of rotatable bonds is 7. The van der Waals surface area contributed by atoms with Crippen LogP contribution in [0.1, 0.15) is 18.4 Å². The van der Waals surface area contributed by atoms with Crippen molar-refractivity contribution in [2.45, 2.75) is 30.8 Å². The first-order valence-corrected chi connectivity index (χ1v) is 11.1. The number of likely N-dealkylation sites (tertiary alicyclic amines) is 1. The van der Waals surface area contributed by atoms with Crippen LogP contribution in [0.25, 0.3) is 0 Å². The predicted octanol–water partition coefficient (Wildman–Crippen LogP) is 2.05. The zero-order valence-electron chi connectivity index (χ0n) is 16.5. The zero-order valence-corrected chi connectivity index (χ0v) is 17.4. The Hall–Kier alpha value is -2.79. The van der Waals surface area contributed by atoms with Gasteiger partial charge in [-0.15, -0.1) is 0 Å². The third-order valence-electron chi connectivity index (χ3n) is 4.70. The van der Waals surface area contributed by atoms with Gasteiger partial charge in [-0.25, -0.2) is 22.8 Å². The first kappa shape index (κ1) is 21.9. The highest BCUT2D eigenvalue weighted by Crippen LogP contribution is 2.31. The molecule has 0 saturated carbocycles. The van der Waals surface area contributed by atoms with E-state index in [1.165, 1.54) is 18.5 Å². The second-order valence-electron chi connectivity index (χ2n) is 7.06. The Morgan fingerprint density at radius 3 is 2.53 bits per heavy atom. The molecule has 1 N–H and O–H groups in total. The number of hydrogen-bond acceptors (Lipinski definition) is 8. The third kappa shape index (κ3) is 5.42. The molecule has 0 radical (unpaired) electrons. The van der Waals surface area contributed by atoms with E-state index in [0.717, 1.165) is 12.3 Å². The molecular weight excluding hydrogens is 417 g/mol. The van der Waals surface area contributed by atoms with Crippen molar-refractivity contribution < 1.29 is 32.2 Å². The molecule has 30 heavy (non-hydrogen) atoms. The van der Waals surface area contributed by atoms with Crippen molar-refractivity contribution in [3.8, 4) is 17.5 Å². The van der Waals surface area contributed by atoms with Gasteiger partial charge in [-0.1, -0.05) is 0 Å². The van der Waals surface area contributed by atoms with Crippen molar-refractivity contribution in [1.82, 2.24) is 14.9 Å². The maximum atomic E-state index is 14.3. The third-order valence-corrected chi connectivity index (χ3v) is 5.81. The van der Waals surface area contributed by atoms with Gasteiger partial charge in [0.25, 0.3) is 0 Å². The summed E-state index contributed by atoms with van der Waals surface area (Å²) < 4.78 is 48.8. The van der Waals surface area contributed by atoms with E-state index in [2.05, 4.69) is 9.97 Å². The SMILES string of the molecule is Cc1c(Oc2ccc(S(C)(=O)=O)cc2F)ncnc1OC1CCN(CC(=O)O)CC1. The van der Waals surface area contributed by atoms with Gasteiger partial charge >= 0.3 is 5.97 Å². The van der Waals surface area contributed by atoms with Crippen molar-refractivity contribution in [1.29, 1.82) is 0 Å². The summed E-state index contributed by atoms with van der Waals surface area (Å²) in [6.07, 6.45) is 3.39. The maximum absolute atomic E-state index is 14.3. The Kier molecular flexibility index (Phi) is 6.52. The fourth-order valence-electron chi connectivity index (χ4n) is 3.07. The molecule has 0 spiro atoms. The van der Waals surface area contributed by atoms with Gasteiger partial charge in [0.1, 0.15) is 12.4 Å². The number of aromatic nitrogens is 2. The first-order valence-electron chi connectivity index (χ1n) is 9.23. The highest BCUT2D eigenvalue weighted by Gasteiger charge is 2.24. The summed E-state index contributed by atoms with van der Waals surface area (Å²) in [4.78, 5) is 20.6. The minimum atomic E-state index is -3.53. The molecule has 0 atom stereocenters. The summed E-state index contributed by atoms with van der Waals surface area (Å²) in [6, 6.07) is 3.38. The number of sulfone groups is 1. The number of piperidine rings is 1. The molecule has 162 valence electrons. The Morgan fingerprint density at radius 1 is 1.27 bits per heavy atom. The Morgan fingerprint density at radius 2 is 1.93 bits per heavy atom. The normalized spacial score (nSPS) is 15.7. The Bertz CT molecular complexity index is 1040. The minimum Gasteiger partial charge on any atom is -0.480 e. The second kappa shape index (κ2) is 8.92. The number of benzene rings is 1. The van der Waals surface area contributed by atoms with Crippen molar-refractivity contribution in [2.75, 3.05) is 25.9 Å². The zero-order chi connectivity index (χ0) is 21.9. The molecule has 0 bridgehead atoms. The lowest BCUT2D eigenvalue weighted by molar-refractivity contribution is -0.138. The predicted molar refractivity (Wildman–Crippen MR) is 104 cm³/mol. The largest absolute Gasteiger partial charge is 0.480 e. The van der Waals surface area contributed by atoms with Gasteiger partial charge in [0.15, 0.2) is 21.4 Å². The summed E-state index contributed by atoms with van der Waals surface area (Å²) in [5, 5.41) is 8.87. The van der Waals surface area contributed by atoms with Gasteiger partial charge in [-0.05, 0) is 38.0 Å². The fraction of sp³-hybridized carbons (Fsp3) is 0.421. The maximum Gasteiger partial charge on any atom is 0.317 e. The lowest BCUT2D eigenvalue weighted by Gasteiger charge is -2.30. The van der Waals surface area contributed by atoms with Crippen molar-refractivity contribution in [3.05, 3.63) is 35.9 Å². The van der Waals surface area contributed by atoms with E-state index < -0.39 is 21.6 Å². The number of ether oxygens (including phenoxy) is 2. The molecule has 2 aromatic rings. The van der Waals surface area contributed by atoms with Gasteiger partial charge in [-0.3, -0.25) is 9.69 Å². The quantitative estimate of drug-likeness (QED) is 0.691. The molecule has 1 aliphatic heterocycles. The van der Waals surface area contributed by atoms with E-state index in [4.69, 9.17) is 14.6 Å². The molecular formula is C19H22FN3O6S. The second-order valence-corrected chi connectivity index (χ2v) is 9.08. The molecule has 1 aromatic carbocycles. The molecule has 1 saturated heterocycles. The van der Waals surface area contributed by atoms with Crippen LogP contribution >= 0.6 is 0 Å². The van der Waals surface area contributed by atoms with Crippen LogP contribution in [0.15, 0.2) is 29.4 Å². The van der Waals surface area contributed by atoms with Crippen LogP contribution in [0.2, 0.25) is 0 Å². The van der Waals surface area contributed by atoms with Gasteiger partial charge in [0.05, 0.1) is 17.0 Å². The minimum absolute atomic E-state index is 0.000922. The number of hydrogen-bond donors (Lipinski definition) is 1. The van der Waals surface area contributed by atoms with Crippen molar-refractivity contribution in [3.63, 3.8) is 0 Å². The molecule has 2 heterocycles. The highest BCUT2D eigenvalue weighted by atomic mass is 32.2. The molecule has 0 unspecified atom stereocenters. The molecule has 9 nitrogen and oxygen atoms in total. The number of carboxylic acid groups (broad SMARTS) is 1. The van der Waals surface area contributed by atoms with E-state index >= 15 is 0 Å². The van der Waals surface area contributed by atoms with Crippen LogP contribution in [0.3, 0.4) is 0 Å². The van der Waals surface area contributed by atoms with Crippen LogP contribution in [-0.2, 0) is 14.6 Å². The standard InChI is InChI=1S/C19H22FN3O6S/c1-12-18(28-13-5-7-23(8-6-13)10-17(24)25)21-11-22-19(12)29-16-4-3-14(9-15(16)20)30(2,26)27/h3-4,9,11,13H,5-8,10H2,1-2H3,(H,24,25). The molecule has 0 amide bonds. The van der Waals surface area contributed by atoms with E-state index in [1.54, 1.807) is 6.92 Å². The van der Waals surface area contributed by atoms with Crippen LogP contribution < -0.4 is 9.47 Å². The summed E-state index contributed by atoms with van der Waals surface area (Å²) in [7, 11) is -3.53. The topological polar surface area (TPSA) is 119 Å². The van der Waals surface area contributed by atoms with Crippen LogP contribution in [0.5, 0.6) is 17.5 Å². The Labute approximate surface area is 173 Å². The molecule has 1 aromatic heterocycles. The lowest BCUT2D eigenvalue weighted by Crippen LogP contribution is -2.40. The first-order chi connectivity index (χ1) is 14.1. The average Bonchev–Trinajstić information content (AvgIpc) is 2.66. The monoisotopic (exact) mass is 439 g/mol. The lowest BCUT2D eigenvalue weighted by atomic mass is 10.1. The van der Waals surface area contributed by atoms with Gasteiger partial charge < -0.3 is 14.6 Å². The molecule has 3 rings (SSSR count). The van der Waals surface area contributed by atoms with E-state index in [9.17, 15) is 17.6 Å². The van der Waals surface area contributed by atoms with E-state index in [-0.39, 0.29) is 29.2 Å². The number of carboxylic acids is 1. The van der Waals surface area contributed by atoms with Gasteiger partial charge in [0, 0.05) is 19.3 Å². The summed E-state index contributed by atoms with van der Waals surface area (Å²) in [5.41, 5.74) is 0.469. The molecule has 11 heteroatoms. The number of halogens is 1. The summed E-state index contributed by atoms with van der Waals surface area (Å²) >= 11 is 0. The van der Waals surface area contributed by atoms with Gasteiger partial charge in [0.2, 0.25) is 11.8 Å². The number of nitrogens with zero attached hydrogens (tertiary/aromatic N) is 3. The number of carbonyl (C=O) groups is 1. The summed E-state index contributed by atoms with van der Waals surface area (Å²) in [6.45, 7) is 2.87. The molecule has 0 aliphatic carbocycles. The molecule has 1 fully saturated rings. The fourth-order valence-corrected chi connectivity index (χ4v) is 3.71. The van der Waals surface area contributed by atoms with Crippen molar-refractivity contribution in [2.24, 2.45) is 0 Å². The highest BCUT2D eigenvalue weighted by molar-refractivity contribution is 7.90. The molecule has 1 aliphatic rings. The van der Waals surface area contributed by atoms with E-state index in [0.29, 0.717) is 37.4 Å². The van der Waals surface area contributed by atoms with Crippen LogP contribution in [0.4, 0.5) is 4.39 Å².